The third-order valence-corrected chi connectivity index (χ3v) is 7.48. The van der Waals surface area contributed by atoms with Gasteiger partial charge in [0.15, 0.2) is 5.82 Å². The Morgan fingerprint density at radius 3 is 2.34 bits per heavy atom. The van der Waals surface area contributed by atoms with E-state index in [1.807, 2.05) is 19.9 Å². The van der Waals surface area contributed by atoms with Crippen molar-refractivity contribution in [3.05, 3.63) is 39.9 Å². The molecule has 2 aromatic heterocycles. The molecule has 9 nitrogen and oxygen atoms in total. The van der Waals surface area contributed by atoms with E-state index in [-0.39, 0.29) is 17.6 Å². The molecule has 158 valence electrons. The minimum absolute atomic E-state index is 0.0352. The highest BCUT2D eigenvalue weighted by Crippen LogP contribution is 2.28. The van der Waals surface area contributed by atoms with Gasteiger partial charge in [0, 0.05) is 30.9 Å². The summed E-state index contributed by atoms with van der Waals surface area (Å²) in [6.07, 6.45) is 4.65. The molecule has 0 bridgehead atoms. The fraction of sp³-hybridized carbons (Fsp3) is 0.632. The third-order valence-electron chi connectivity index (χ3n) is 5.80. The Morgan fingerprint density at radius 1 is 1.03 bits per heavy atom. The predicted molar refractivity (Wildman–Crippen MR) is 109 cm³/mol. The molecule has 0 unspecified atom stereocenters. The van der Waals surface area contributed by atoms with E-state index < -0.39 is 10.2 Å². The summed E-state index contributed by atoms with van der Waals surface area (Å²) in [5.74, 6) is 0.618. The molecule has 2 fully saturated rings. The molecule has 0 amide bonds. The first-order valence-corrected chi connectivity index (χ1v) is 11.7. The monoisotopic (exact) mass is 420 g/mol. The lowest BCUT2D eigenvalue weighted by Crippen LogP contribution is -2.46. The van der Waals surface area contributed by atoms with Crippen LogP contribution < -0.4 is 10.3 Å². The van der Waals surface area contributed by atoms with Crippen LogP contribution in [0.5, 0.6) is 0 Å². The average molecular weight is 421 g/mol. The van der Waals surface area contributed by atoms with Crippen LogP contribution in [0.3, 0.4) is 0 Å². The second kappa shape index (κ2) is 8.00. The van der Waals surface area contributed by atoms with Gasteiger partial charge in [0.2, 0.25) is 0 Å². The molecule has 4 rings (SSSR count). The molecular formula is C19H28N6O3S. The Labute approximate surface area is 170 Å². The van der Waals surface area contributed by atoms with Gasteiger partial charge in [-0.3, -0.25) is 4.79 Å². The summed E-state index contributed by atoms with van der Waals surface area (Å²) >= 11 is 0. The Balaban J connectivity index is 1.45. The molecule has 1 aliphatic carbocycles. The summed E-state index contributed by atoms with van der Waals surface area (Å²) in [4.78, 5) is 12.4. The number of aromatic nitrogens is 4. The SMILES string of the molecule is Cc1cc(C)n(-c2ccc(=O)n(C3CCC(NS(=O)(=O)N4CCCC4)CC3)n2)n1. The van der Waals surface area contributed by atoms with Crippen LogP contribution in [-0.4, -0.2) is 51.4 Å². The van der Waals surface area contributed by atoms with Crippen LogP contribution in [0.25, 0.3) is 5.82 Å². The van der Waals surface area contributed by atoms with Gasteiger partial charge in [0.1, 0.15) is 0 Å². The predicted octanol–water partition coefficient (Wildman–Crippen LogP) is 1.46. The molecule has 29 heavy (non-hydrogen) atoms. The Morgan fingerprint density at radius 2 is 1.72 bits per heavy atom. The largest absolute Gasteiger partial charge is 0.279 e. The molecular weight excluding hydrogens is 392 g/mol. The molecule has 0 aromatic carbocycles. The maximum Gasteiger partial charge on any atom is 0.279 e. The van der Waals surface area contributed by atoms with Gasteiger partial charge in [-0.15, -0.1) is 5.10 Å². The molecule has 0 radical (unpaired) electrons. The number of hydrogen-bond acceptors (Lipinski definition) is 5. The van der Waals surface area contributed by atoms with Crippen LogP contribution in [0, 0.1) is 13.8 Å². The van der Waals surface area contributed by atoms with E-state index >= 15 is 0 Å². The van der Waals surface area contributed by atoms with Crippen molar-refractivity contribution in [1.82, 2.24) is 28.6 Å². The first kappa shape index (κ1) is 20.2. The summed E-state index contributed by atoms with van der Waals surface area (Å²) in [5.41, 5.74) is 1.71. The molecule has 1 N–H and O–H groups in total. The van der Waals surface area contributed by atoms with Crippen molar-refractivity contribution < 1.29 is 8.42 Å². The number of hydrogen-bond donors (Lipinski definition) is 1. The van der Waals surface area contributed by atoms with Gasteiger partial charge in [-0.25, -0.2) is 9.36 Å². The molecule has 1 saturated carbocycles. The van der Waals surface area contributed by atoms with Crippen molar-refractivity contribution in [1.29, 1.82) is 0 Å². The van der Waals surface area contributed by atoms with Gasteiger partial charge in [0.25, 0.3) is 15.8 Å². The van der Waals surface area contributed by atoms with Gasteiger partial charge in [-0.2, -0.15) is 22.5 Å². The lowest BCUT2D eigenvalue weighted by molar-refractivity contribution is 0.282. The van der Waals surface area contributed by atoms with Crippen LogP contribution in [0.4, 0.5) is 0 Å². The van der Waals surface area contributed by atoms with Crippen molar-refractivity contribution in [2.75, 3.05) is 13.1 Å². The van der Waals surface area contributed by atoms with Crippen LogP contribution >= 0.6 is 0 Å². The second-order valence-corrected chi connectivity index (χ2v) is 9.75. The van der Waals surface area contributed by atoms with E-state index in [0.717, 1.165) is 24.2 Å². The van der Waals surface area contributed by atoms with Crippen molar-refractivity contribution in [3.63, 3.8) is 0 Å². The topological polar surface area (TPSA) is 102 Å². The molecule has 10 heteroatoms. The van der Waals surface area contributed by atoms with E-state index in [1.54, 1.807) is 10.7 Å². The third kappa shape index (κ3) is 4.29. The maximum absolute atomic E-state index is 12.5. The lowest BCUT2D eigenvalue weighted by atomic mass is 9.92. The molecule has 3 heterocycles. The number of nitrogens with zero attached hydrogens (tertiary/aromatic N) is 5. The zero-order valence-corrected chi connectivity index (χ0v) is 17.7. The van der Waals surface area contributed by atoms with E-state index in [0.29, 0.717) is 44.6 Å². The minimum atomic E-state index is -3.41. The zero-order chi connectivity index (χ0) is 20.6. The highest BCUT2D eigenvalue weighted by molar-refractivity contribution is 7.87. The average Bonchev–Trinajstić information content (AvgIpc) is 3.33. The van der Waals surface area contributed by atoms with Crippen molar-refractivity contribution in [2.45, 2.75) is 64.5 Å². The second-order valence-electron chi connectivity index (χ2n) is 8.05. The van der Waals surface area contributed by atoms with Crippen LogP contribution in [0.2, 0.25) is 0 Å². The Kier molecular flexibility index (Phi) is 5.58. The summed E-state index contributed by atoms with van der Waals surface area (Å²) in [5, 5.41) is 9.00. The van der Waals surface area contributed by atoms with Gasteiger partial charge < -0.3 is 0 Å². The fourth-order valence-electron chi connectivity index (χ4n) is 4.30. The number of rotatable bonds is 5. The quantitative estimate of drug-likeness (QED) is 0.789. The normalized spacial score (nSPS) is 23.5. The maximum atomic E-state index is 12.5. The van der Waals surface area contributed by atoms with Crippen molar-refractivity contribution in [2.24, 2.45) is 0 Å². The zero-order valence-electron chi connectivity index (χ0n) is 16.9. The molecule has 0 spiro atoms. The standard InChI is InChI=1S/C19H28N6O3S/c1-14-13-15(2)24(20-14)18-9-10-19(26)25(21-18)17-7-5-16(6-8-17)22-29(27,28)23-11-3-4-12-23/h9-10,13,16-17,22H,3-8,11-12H2,1-2H3. The summed E-state index contributed by atoms with van der Waals surface area (Å²) in [6, 6.07) is 5.06. The van der Waals surface area contributed by atoms with E-state index in [1.165, 1.54) is 15.1 Å². The highest BCUT2D eigenvalue weighted by Gasteiger charge is 2.31. The molecule has 2 aliphatic rings. The van der Waals surface area contributed by atoms with E-state index in [4.69, 9.17) is 0 Å². The van der Waals surface area contributed by atoms with Crippen molar-refractivity contribution >= 4 is 10.2 Å². The van der Waals surface area contributed by atoms with E-state index in [9.17, 15) is 13.2 Å². The Hall–Kier alpha value is -2.04. The van der Waals surface area contributed by atoms with Crippen LogP contribution in [-0.2, 0) is 10.2 Å². The molecule has 1 aliphatic heterocycles. The van der Waals surface area contributed by atoms with Gasteiger partial charge in [0.05, 0.1) is 11.7 Å². The van der Waals surface area contributed by atoms with Crippen LogP contribution in [0.15, 0.2) is 23.0 Å². The van der Waals surface area contributed by atoms with Gasteiger partial charge in [-0.1, -0.05) is 0 Å². The van der Waals surface area contributed by atoms with Gasteiger partial charge in [-0.05, 0) is 64.5 Å². The van der Waals surface area contributed by atoms with Gasteiger partial charge >= 0.3 is 0 Å². The lowest BCUT2D eigenvalue weighted by Gasteiger charge is -2.30. The first-order chi connectivity index (χ1) is 13.8. The number of nitrogens with one attached hydrogen (secondary N) is 1. The minimum Gasteiger partial charge on any atom is -0.268 e. The van der Waals surface area contributed by atoms with Crippen molar-refractivity contribution in [3.8, 4) is 5.82 Å². The number of aryl methyl sites for hydroxylation is 2. The van der Waals surface area contributed by atoms with Crippen LogP contribution in [0.1, 0.15) is 56.0 Å². The molecule has 0 atom stereocenters. The summed E-state index contributed by atoms with van der Waals surface area (Å²) in [6.45, 7) is 5.07. The molecule has 1 saturated heterocycles. The van der Waals surface area contributed by atoms with E-state index in [2.05, 4.69) is 14.9 Å². The first-order valence-electron chi connectivity index (χ1n) is 10.2. The molecule has 2 aromatic rings. The Bertz CT molecular complexity index is 1030. The highest BCUT2D eigenvalue weighted by atomic mass is 32.2. The summed E-state index contributed by atoms with van der Waals surface area (Å²) in [7, 11) is -3.41. The summed E-state index contributed by atoms with van der Waals surface area (Å²) < 4.78 is 32.6. The smallest absolute Gasteiger partial charge is 0.268 e. The fourth-order valence-corrected chi connectivity index (χ4v) is 5.85.